The van der Waals surface area contributed by atoms with Gasteiger partial charge in [-0.2, -0.15) is 0 Å². The minimum atomic E-state index is -2.61. The van der Waals surface area contributed by atoms with E-state index in [2.05, 4.69) is 0 Å². The van der Waals surface area contributed by atoms with Crippen LogP contribution in [-0.4, -0.2) is 5.92 Å². The van der Waals surface area contributed by atoms with Crippen LogP contribution in [0.25, 0.3) is 0 Å². The smallest absolute Gasteiger partial charge is 0.202 e. The van der Waals surface area contributed by atoms with Gasteiger partial charge in [0.05, 0.1) is 0 Å². The van der Waals surface area contributed by atoms with Gasteiger partial charge in [0.1, 0.15) is 0 Å². The second kappa shape index (κ2) is 3.69. The summed E-state index contributed by atoms with van der Waals surface area (Å²) >= 11 is 0. The SMILES string of the molecule is CCC(F)(F)/C=C\C(C)C. The van der Waals surface area contributed by atoms with Crippen LogP contribution in [0.15, 0.2) is 12.2 Å². The van der Waals surface area contributed by atoms with Crippen LogP contribution in [0.5, 0.6) is 0 Å². The normalized spacial score (nSPS) is 13.4. The summed E-state index contributed by atoms with van der Waals surface area (Å²) in [5.74, 6) is -2.40. The molecule has 0 aromatic heterocycles. The molecule has 0 aromatic carbocycles. The number of rotatable bonds is 3. The lowest BCUT2D eigenvalue weighted by molar-refractivity contribution is 0.0506. The lowest BCUT2D eigenvalue weighted by Crippen LogP contribution is -2.09. The minimum Gasteiger partial charge on any atom is -0.202 e. The van der Waals surface area contributed by atoms with Crippen molar-refractivity contribution in [3.05, 3.63) is 12.2 Å². The van der Waals surface area contributed by atoms with Gasteiger partial charge in [-0.25, -0.2) is 8.78 Å². The summed E-state index contributed by atoms with van der Waals surface area (Å²) in [6, 6.07) is 0. The van der Waals surface area contributed by atoms with Crippen molar-refractivity contribution in [2.24, 2.45) is 5.92 Å². The molecule has 10 heavy (non-hydrogen) atoms. The quantitative estimate of drug-likeness (QED) is 0.539. The average Bonchev–Trinajstić information content (AvgIpc) is 1.85. The lowest BCUT2D eigenvalue weighted by Gasteiger charge is -2.07. The van der Waals surface area contributed by atoms with E-state index in [-0.39, 0.29) is 12.3 Å². The topological polar surface area (TPSA) is 0 Å². The Morgan fingerprint density at radius 1 is 1.40 bits per heavy atom. The molecule has 0 unspecified atom stereocenters. The molecule has 0 radical (unpaired) electrons. The Kier molecular flexibility index (Phi) is 3.54. The Morgan fingerprint density at radius 2 is 1.90 bits per heavy atom. The van der Waals surface area contributed by atoms with Crippen LogP contribution < -0.4 is 0 Å². The molecule has 0 bridgehead atoms. The first-order chi connectivity index (χ1) is 4.48. The molecule has 2 heteroatoms. The zero-order valence-corrected chi connectivity index (χ0v) is 6.70. The molecule has 0 aliphatic heterocycles. The van der Waals surface area contributed by atoms with Crippen molar-refractivity contribution in [3.63, 3.8) is 0 Å². The van der Waals surface area contributed by atoms with Gasteiger partial charge >= 0.3 is 0 Å². The maximum absolute atomic E-state index is 12.4. The van der Waals surface area contributed by atoms with Gasteiger partial charge in [0.2, 0.25) is 0 Å². The highest BCUT2D eigenvalue weighted by molar-refractivity contribution is 4.95. The third kappa shape index (κ3) is 4.48. The zero-order valence-electron chi connectivity index (χ0n) is 6.70. The van der Waals surface area contributed by atoms with Crippen molar-refractivity contribution in [2.45, 2.75) is 33.1 Å². The molecular weight excluding hydrogens is 134 g/mol. The number of hydrogen-bond donors (Lipinski definition) is 0. The van der Waals surface area contributed by atoms with Crippen LogP contribution in [0.3, 0.4) is 0 Å². The molecule has 0 aromatic rings. The summed E-state index contributed by atoms with van der Waals surface area (Å²) in [6.07, 6.45) is 2.40. The van der Waals surface area contributed by atoms with Crippen LogP contribution in [0.4, 0.5) is 8.78 Å². The van der Waals surface area contributed by atoms with E-state index < -0.39 is 5.92 Å². The molecule has 0 atom stereocenters. The molecular formula is C8H14F2. The Morgan fingerprint density at radius 3 is 2.20 bits per heavy atom. The summed E-state index contributed by atoms with van der Waals surface area (Å²) in [6.45, 7) is 5.23. The molecule has 0 fully saturated rings. The summed E-state index contributed by atoms with van der Waals surface area (Å²) < 4.78 is 24.9. The van der Waals surface area contributed by atoms with Gasteiger partial charge in [-0.15, -0.1) is 0 Å². The van der Waals surface area contributed by atoms with E-state index in [4.69, 9.17) is 0 Å². The maximum Gasteiger partial charge on any atom is 0.266 e. The Balaban J connectivity index is 3.86. The van der Waals surface area contributed by atoms with Gasteiger partial charge in [-0.3, -0.25) is 0 Å². The largest absolute Gasteiger partial charge is 0.266 e. The third-order valence-corrected chi connectivity index (χ3v) is 1.20. The highest BCUT2D eigenvalue weighted by atomic mass is 19.3. The highest BCUT2D eigenvalue weighted by Crippen LogP contribution is 2.19. The van der Waals surface area contributed by atoms with Crippen molar-refractivity contribution in [3.8, 4) is 0 Å². The second-order valence-electron chi connectivity index (χ2n) is 2.72. The van der Waals surface area contributed by atoms with Gasteiger partial charge in [0, 0.05) is 6.42 Å². The monoisotopic (exact) mass is 148 g/mol. The fraction of sp³-hybridized carbons (Fsp3) is 0.750. The van der Waals surface area contributed by atoms with Crippen molar-refractivity contribution < 1.29 is 8.78 Å². The van der Waals surface area contributed by atoms with Gasteiger partial charge in [0.25, 0.3) is 5.92 Å². The van der Waals surface area contributed by atoms with Crippen LogP contribution in [0.2, 0.25) is 0 Å². The zero-order chi connectivity index (χ0) is 8.20. The number of alkyl halides is 2. The van der Waals surface area contributed by atoms with Gasteiger partial charge in [-0.05, 0) is 12.0 Å². The van der Waals surface area contributed by atoms with E-state index in [0.29, 0.717) is 0 Å². The maximum atomic E-state index is 12.4. The van der Waals surface area contributed by atoms with E-state index in [1.807, 2.05) is 13.8 Å². The average molecular weight is 148 g/mol. The third-order valence-electron chi connectivity index (χ3n) is 1.20. The first-order valence-corrected chi connectivity index (χ1v) is 3.55. The fourth-order valence-electron chi connectivity index (χ4n) is 0.451. The van der Waals surface area contributed by atoms with Crippen LogP contribution in [0.1, 0.15) is 27.2 Å². The molecule has 0 aliphatic carbocycles. The second-order valence-corrected chi connectivity index (χ2v) is 2.72. The standard InChI is InChI=1S/C8H14F2/c1-4-8(9,10)6-5-7(2)3/h5-7H,4H2,1-3H3/b6-5-. The molecule has 0 saturated carbocycles. The molecule has 0 nitrogen and oxygen atoms in total. The Hall–Kier alpha value is -0.400. The molecule has 0 spiro atoms. The van der Waals surface area contributed by atoms with E-state index in [9.17, 15) is 8.78 Å². The van der Waals surface area contributed by atoms with Gasteiger partial charge in [0.15, 0.2) is 0 Å². The van der Waals surface area contributed by atoms with E-state index in [1.165, 1.54) is 13.0 Å². The van der Waals surface area contributed by atoms with Crippen molar-refractivity contribution in [1.29, 1.82) is 0 Å². The fourth-order valence-corrected chi connectivity index (χ4v) is 0.451. The molecule has 0 heterocycles. The minimum absolute atomic E-state index is 0.115. The van der Waals surface area contributed by atoms with Crippen LogP contribution >= 0.6 is 0 Å². The molecule has 0 N–H and O–H groups in total. The van der Waals surface area contributed by atoms with Gasteiger partial charge in [-0.1, -0.05) is 26.8 Å². The van der Waals surface area contributed by atoms with E-state index in [1.54, 1.807) is 0 Å². The van der Waals surface area contributed by atoms with Crippen molar-refractivity contribution in [2.75, 3.05) is 0 Å². The number of allylic oxidation sites excluding steroid dienone is 2. The highest BCUT2D eigenvalue weighted by Gasteiger charge is 2.20. The van der Waals surface area contributed by atoms with Crippen LogP contribution in [-0.2, 0) is 0 Å². The predicted octanol–water partition coefficient (Wildman–Crippen LogP) is 3.24. The molecule has 60 valence electrons. The summed E-state index contributed by atoms with van der Waals surface area (Å²) in [7, 11) is 0. The Labute approximate surface area is 60.9 Å². The number of hydrogen-bond acceptors (Lipinski definition) is 0. The Bertz CT molecular complexity index is 114. The van der Waals surface area contributed by atoms with Crippen molar-refractivity contribution in [1.82, 2.24) is 0 Å². The van der Waals surface area contributed by atoms with Crippen molar-refractivity contribution >= 4 is 0 Å². The van der Waals surface area contributed by atoms with E-state index in [0.717, 1.165) is 6.08 Å². The van der Waals surface area contributed by atoms with Gasteiger partial charge < -0.3 is 0 Å². The molecule has 0 rings (SSSR count). The first-order valence-electron chi connectivity index (χ1n) is 3.55. The predicted molar refractivity (Wildman–Crippen MR) is 39.2 cm³/mol. The van der Waals surface area contributed by atoms with E-state index >= 15 is 0 Å². The van der Waals surface area contributed by atoms with Crippen LogP contribution in [0, 0.1) is 5.92 Å². The molecule has 0 saturated heterocycles. The number of halogens is 2. The lowest BCUT2D eigenvalue weighted by atomic mass is 10.1. The summed E-state index contributed by atoms with van der Waals surface area (Å²) in [5.41, 5.74) is 0. The molecule has 0 amide bonds. The summed E-state index contributed by atoms with van der Waals surface area (Å²) in [4.78, 5) is 0. The first kappa shape index (κ1) is 9.60. The molecule has 0 aliphatic rings. The summed E-state index contributed by atoms with van der Waals surface area (Å²) in [5, 5.41) is 0.